The summed E-state index contributed by atoms with van der Waals surface area (Å²) in [6, 6.07) is 19.0. The zero-order chi connectivity index (χ0) is 24.2. The highest BCUT2D eigenvalue weighted by Gasteiger charge is 2.23. The quantitative estimate of drug-likeness (QED) is 0.409. The second-order valence-corrected chi connectivity index (χ2v) is 8.47. The van der Waals surface area contributed by atoms with Crippen molar-refractivity contribution in [1.82, 2.24) is 24.9 Å². The monoisotopic (exact) mass is 458 g/mol. The number of amides is 1. The lowest BCUT2D eigenvalue weighted by atomic mass is 10.2. The number of fused-ring (bicyclic) bond motifs is 1. The Morgan fingerprint density at radius 1 is 1.03 bits per heavy atom. The summed E-state index contributed by atoms with van der Waals surface area (Å²) in [6.45, 7) is 6.69. The van der Waals surface area contributed by atoms with Gasteiger partial charge in [-0.2, -0.15) is 10.2 Å². The summed E-state index contributed by atoms with van der Waals surface area (Å²) < 4.78 is 3.02. The van der Waals surface area contributed by atoms with E-state index in [4.69, 9.17) is 0 Å². The van der Waals surface area contributed by atoms with E-state index in [2.05, 4.69) is 32.5 Å². The lowest BCUT2D eigenvalue weighted by molar-refractivity contribution is -0.124. The Morgan fingerprint density at radius 2 is 1.68 bits per heavy atom. The summed E-state index contributed by atoms with van der Waals surface area (Å²) in [7, 11) is 2.03. The third-order valence-corrected chi connectivity index (χ3v) is 6.05. The number of carbonyl (C=O) groups is 1. The van der Waals surface area contributed by atoms with Crippen LogP contribution in [0.5, 0.6) is 0 Å². The van der Waals surface area contributed by atoms with Crippen LogP contribution in [0, 0.1) is 13.8 Å². The molecule has 4 aromatic rings. The van der Waals surface area contributed by atoms with Crippen LogP contribution in [0.3, 0.4) is 0 Å². The van der Waals surface area contributed by atoms with E-state index in [0.29, 0.717) is 23.1 Å². The van der Waals surface area contributed by atoms with Gasteiger partial charge in [0.15, 0.2) is 0 Å². The predicted octanol–water partition coefficient (Wildman–Crippen LogP) is 3.40. The molecule has 0 unspecified atom stereocenters. The van der Waals surface area contributed by atoms with Crippen LogP contribution in [0.15, 0.2) is 65.5 Å². The number of aryl methyl sites for hydroxylation is 2. The molecule has 0 radical (unpaired) electrons. The Morgan fingerprint density at radius 3 is 2.35 bits per heavy atom. The van der Waals surface area contributed by atoms with E-state index in [-0.39, 0.29) is 11.5 Å². The lowest BCUT2D eigenvalue weighted by Crippen LogP contribution is -2.38. The van der Waals surface area contributed by atoms with Crippen LogP contribution in [0.4, 0.5) is 5.69 Å². The van der Waals surface area contributed by atoms with Crippen molar-refractivity contribution in [3.05, 3.63) is 82.4 Å². The van der Waals surface area contributed by atoms with Crippen LogP contribution < -0.4 is 15.8 Å². The highest BCUT2D eigenvalue weighted by Crippen LogP contribution is 2.20. The number of nitrogens with one attached hydrogen (secondary N) is 1. The first-order valence-corrected chi connectivity index (χ1v) is 11.5. The Bertz CT molecular complexity index is 1340. The van der Waals surface area contributed by atoms with E-state index in [0.717, 1.165) is 30.0 Å². The smallest absolute Gasteiger partial charge is 0.278 e. The van der Waals surface area contributed by atoms with E-state index in [1.54, 1.807) is 11.6 Å². The van der Waals surface area contributed by atoms with E-state index in [1.807, 2.05) is 69.4 Å². The molecule has 0 aliphatic carbocycles. The van der Waals surface area contributed by atoms with Gasteiger partial charge in [0.2, 0.25) is 5.91 Å². The average molecular weight is 459 g/mol. The van der Waals surface area contributed by atoms with Crippen molar-refractivity contribution in [3.8, 4) is 5.69 Å². The summed E-state index contributed by atoms with van der Waals surface area (Å²) in [4.78, 5) is 28.3. The second kappa shape index (κ2) is 9.91. The Kier molecular flexibility index (Phi) is 6.77. The van der Waals surface area contributed by atoms with Gasteiger partial charge < -0.3 is 10.2 Å². The Labute approximate surface area is 198 Å². The third kappa shape index (κ3) is 4.57. The summed E-state index contributed by atoms with van der Waals surface area (Å²) in [5.74, 6) is -0.233. The zero-order valence-corrected chi connectivity index (χ0v) is 20.0. The maximum Gasteiger partial charge on any atom is 0.278 e. The molecule has 2 heterocycles. The number of nitrogens with zero attached hydrogens (tertiary/aromatic N) is 5. The van der Waals surface area contributed by atoms with Crippen molar-refractivity contribution in [3.63, 3.8) is 0 Å². The molecule has 34 heavy (non-hydrogen) atoms. The molecule has 0 aliphatic rings. The predicted molar refractivity (Wildman–Crippen MR) is 135 cm³/mol. The molecule has 8 nitrogen and oxygen atoms in total. The van der Waals surface area contributed by atoms with Gasteiger partial charge in [0.25, 0.3) is 5.56 Å². The van der Waals surface area contributed by atoms with Gasteiger partial charge in [0.05, 0.1) is 22.5 Å². The lowest BCUT2D eigenvalue weighted by Gasteiger charge is -2.20. The molecule has 0 bridgehead atoms. The third-order valence-electron chi connectivity index (χ3n) is 6.05. The molecule has 2 aromatic carbocycles. The molecule has 176 valence electrons. The van der Waals surface area contributed by atoms with Gasteiger partial charge in [-0.3, -0.25) is 9.59 Å². The van der Waals surface area contributed by atoms with Gasteiger partial charge >= 0.3 is 0 Å². The normalized spacial score (nSPS) is 12.0. The molecular formula is C26H30N6O2. The highest BCUT2D eigenvalue weighted by atomic mass is 16.2. The molecular weight excluding hydrogens is 428 g/mol. The van der Waals surface area contributed by atoms with Gasteiger partial charge in [0, 0.05) is 25.8 Å². The Balaban J connectivity index is 1.48. The molecule has 0 aliphatic heterocycles. The topological polar surface area (TPSA) is 85.0 Å². The van der Waals surface area contributed by atoms with Gasteiger partial charge in [-0.1, -0.05) is 36.4 Å². The van der Waals surface area contributed by atoms with Crippen molar-refractivity contribution in [1.29, 1.82) is 0 Å². The van der Waals surface area contributed by atoms with Crippen molar-refractivity contribution >= 4 is 22.5 Å². The fourth-order valence-corrected chi connectivity index (χ4v) is 4.06. The molecule has 2 aromatic heterocycles. The number of benzene rings is 2. The Hall–Kier alpha value is -3.94. The van der Waals surface area contributed by atoms with Gasteiger partial charge in [-0.25, -0.2) is 9.36 Å². The van der Waals surface area contributed by atoms with Crippen molar-refractivity contribution < 1.29 is 4.79 Å². The molecule has 4 rings (SSSR count). The van der Waals surface area contributed by atoms with Gasteiger partial charge in [-0.15, -0.1) is 0 Å². The maximum atomic E-state index is 13.3. The molecule has 1 N–H and O–H groups in total. The van der Waals surface area contributed by atoms with Crippen LogP contribution in [-0.4, -0.2) is 45.6 Å². The number of aromatic nitrogens is 4. The van der Waals surface area contributed by atoms with Crippen molar-refractivity contribution in [2.24, 2.45) is 0 Å². The summed E-state index contributed by atoms with van der Waals surface area (Å²) in [5.41, 5.74) is 3.57. The van der Waals surface area contributed by atoms with Crippen LogP contribution in [0.1, 0.15) is 30.8 Å². The summed E-state index contributed by atoms with van der Waals surface area (Å²) in [6.07, 6.45) is 0.785. The molecule has 8 heteroatoms. The first-order chi connectivity index (χ1) is 16.4. The second-order valence-electron chi connectivity index (χ2n) is 8.47. The number of hydrogen-bond donors (Lipinski definition) is 1. The maximum absolute atomic E-state index is 13.3. The molecule has 0 saturated heterocycles. The van der Waals surface area contributed by atoms with E-state index in [1.165, 1.54) is 4.68 Å². The fraction of sp³-hybridized carbons (Fsp3) is 0.308. The molecule has 0 fully saturated rings. The van der Waals surface area contributed by atoms with E-state index >= 15 is 0 Å². The summed E-state index contributed by atoms with van der Waals surface area (Å²) in [5, 5.41) is 12.5. The first kappa shape index (κ1) is 23.2. The molecule has 0 saturated carbocycles. The summed E-state index contributed by atoms with van der Waals surface area (Å²) >= 11 is 0. The number of carbonyl (C=O) groups excluding carboxylic acids is 1. The average Bonchev–Trinajstić information content (AvgIpc) is 3.22. The van der Waals surface area contributed by atoms with Gasteiger partial charge in [0.1, 0.15) is 11.6 Å². The molecule has 1 atom stereocenters. The first-order valence-electron chi connectivity index (χ1n) is 11.5. The minimum Gasteiger partial charge on any atom is -0.375 e. The van der Waals surface area contributed by atoms with Crippen LogP contribution >= 0.6 is 0 Å². The minimum absolute atomic E-state index is 0.233. The van der Waals surface area contributed by atoms with E-state index < -0.39 is 6.04 Å². The van der Waals surface area contributed by atoms with Crippen LogP contribution in [-0.2, 0) is 4.79 Å². The number of para-hydroxylation sites is 2. The number of hydrogen-bond acceptors (Lipinski definition) is 5. The molecule has 0 spiro atoms. The number of rotatable bonds is 8. The molecule has 1 amide bonds. The highest BCUT2D eigenvalue weighted by molar-refractivity contribution is 5.84. The SMILES string of the molecule is Cc1nn([C@H](C)C(=O)NCCCN(C)c2ccccc2)c(=O)c2c(C)n(-c3ccccc3)nc12. The van der Waals surface area contributed by atoms with E-state index in [9.17, 15) is 9.59 Å². The largest absolute Gasteiger partial charge is 0.375 e. The standard InChI is InChI=1S/C26H30N6O2/c1-18-24-23(19(2)31(29-24)22-14-9-6-10-15-22)26(34)32(28-18)20(3)25(33)27-16-11-17-30(4)21-12-7-5-8-13-21/h5-10,12-15,20H,11,16-17H2,1-4H3,(H,27,33)/t20-/m1/s1. The van der Waals surface area contributed by atoms with Gasteiger partial charge in [-0.05, 0) is 51.5 Å². The van der Waals surface area contributed by atoms with Crippen molar-refractivity contribution in [2.75, 3.05) is 25.0 Å². The fourth-order valence-electron chi connectivity index (χ4n) is 4.06. The van der Waals surface area contributed by atoms with Crippen molar-refractivity contribution in [2.45, 2.75) is 33.2 Å². The number of anilines is 1. The zero-order valence-electron chi connectivity index (χ0n) is 20.0. The van der Waals surface area contributed by atoms with Crippen LogP contribution in [0.2, 0.25) is 0 Å². The van der Waals surface area contributed by atoms with Crippen LogP contribution in [0.25, 0.3) is 16.6 Å². The minimum atomic E-state index is -0.734.